The standard InChI is InChI=1S/C16H14N2OS/c19-14(12-7-3-1-4-8-12)11-15-17-18-16(20-15)13-9-5-2-6-10-13/h1-10,15,17H,11H2/t15-/m0/s1. The largest absolute Gasteiger partial charge is 0.295 e. The minimum atomic E-state index is 0.0120. The van der Waals surface area contributed by atoms with E-state index in [0.29, 0.717) is 6.42 Å². The molecule has 0 unspecified atom stereocenters. The lowest BCUT2D eigenvalue weighted by Gasteiger charge is -2.08. The highest BCUT2D eigenvalue weighted by molar-refractivity contribution is 8.15. The lowest BCUT2D eigenvalue weighted by Crippen LogP contribution is -2.20. The van der Waals surface area contributed by atoms with Gasteiger partial charge in [0.1, 0.15) is 10.4 Å². The molecule has 0 saturated heterocycles. The van der Waals surface area contributed by atoms with E-state index in [9.17, 15) is 4.79 Å². The Morgan fingerprint density at radius 2 is 1.70 bits per heavy atom. The monoisotopic (exact) mass is 282 g/mol. The summed E-state index contributed by atoms with van der Waals surface area (Å²) >= 11 is 1.60. The summed E-state index contributed by atoms with van der Waals surface area (Å²) in [4.78, 5) is 12.1. The third-order valence-electron chi connectivity index (χ3n) is 3.05. The van der Waals surface area contributed by atoms with Gasteiger partial charge in [-0.15, -0.1) is 0 Å². The van der Waals surface area contributed by atoms with Crippen molar-refractivity contribution < 1.29 is 4.79 Å². The van der Waals surface area contributed by atoms with Crippen LogP contribution in [0.15, 0.2) is 65.8 Å². The summed E-state index contributed by atoms with van der Waals surface area (Å²) in [5, 5.41) is 5.26. The molecule has 0 radical (unpaired) electrons. The van der Waals surface area contributed by atoms with Crippen molar-refractivity contribution in [3.8, 4) is 0 Å². The topological polar surface area (TPSA) is 41.5 Å². The average molecular weight is 282 g/mol. The van der Waals surface area contributed by atoms with Crippen molar-refractivity contribution in [3.63, 3.8) is 0 Å². The predicted molar refractivity (Wildman–Crippen MR) is 82.9 cm³/mol. The van der Waals surface area contributed by atoms with Gasteiger partial charge in [0.2, 0.25) is 0 Å². The van der Waals surface area contributed by atoms with E-state index in [2.05, 4.69) is 10.5 Å². The van der Waals surface area contributed by atoms with Crippen molar-refractivity contribution in [1.82, 2.24) is 5.43 Å². The van der Waals surface area contributed by atoms with Crippen LogP contribution >= 0.6 is 11.8 Å². The molecule has 1 heterocycles. The Balaban J connectivity index is 1.61. The summed E-state index contributed by atoms with van der Waals surface area (Å²) in [7, 11) is 0. The number of thioether (sulfide) groups is 1. The molecule has 100 valence electrons. The van der Waals surface area contributed by atoms with E-state index in [-0.39, 0.29) is 11.2 Å². The fraction of sp³-hybridized carbons (Fsp3) is 0.125. The molecule has 1 aliphatic rings. The number of nitrogens with one attached hydrogen (secondary N) is 1. The van der Waals surface area contributed by atoms with Gasteiger partial charge in [0.15, 0.2) is 5.78 Å². The van der Waals surface area contributed by atoms with Gasteiger partial charge in [-0.05, 0) is 0 Å². The normalized spacial score (nSPS) is 17.4. The van der Waals surface area contributed by atoms with Gasteiger partial charge in [-0.1, -0.05) is 72.4 Å². The molecule has 0 fully saturated rings. The van der Waals surface area contributed by atoms with Crippen molar-refractivity contribution in [3.05, 3.63) is 71.8 Å². The van der Waals surface area contributed by atoms with E-state index in [1.54, 1.807) is 11.8 Å². The van der Waals surface area contributed by atoms with E-state index >= 15 is 0 Å². The van der Waals surface area contributed by atoms with Gasteiger partial charge in [-0.3, -0.25) is 10.2 Å². The number of rotatable bonds is 4. The Bertz CT molecular complexity index is 625. The fourth-order valence-corrected chi connectivity index (χ4v) is 3.02. The van der Waals surface area contributed by atoms with Crippen LogP contribution in [-0.2, 0) is 0 Å². The van der Waals surface area contributed by atoms with Gasteiger partial charge < -0.3 is 0 Å². The Morgan fingerprint density at radius 3 is 2.40 bits per heavy atom. The van der Waals surface area contributed by atoms with E-state index in [1.165, 1.54) is 0 Å². The zero-order valence-electron chi connectivity index (χ0n) is 10.8. The van der Waals surface area contributed by atoms with Crippen molar-refractivity contribution in [1.29, 1.82) is 0 Å². The number of hydrazone groups is 1. The highest BCUT2D eigenvalue weighted by atomic mass is 32.2. The Labute approximate surface area is 122 Å². The first-order chi connectivity index (χ1) is 9.83. The summed E-state index contributed by atoms with van der Waals surface area (Å²) in [6.45, 7) is 0. The number of Topliss-reactive ketones (excluding diaryl/α,β-unsaturated/α-hetero) is 1. The fourth-order valence-electron chi connectivity index (χ4n) is 2.03. The predicted octanol–water partition coefficient (Wildman–Crippen LogP) is 3.28. The maximum Gasteiger partial charge on any atom is 0.165 e. The summed E-state index contributed by atoms with van der Waals surface area (Å²) in [5.41, 5.74) is 4.87. The smallest absolute Gasteiger partial charge is 0.165 e. The molecule has 0 spiro atoms. The Hall–Kier alpha value is -2.07. The molecule has 1 aliphatic heterocycles. The van der Waals surface area contributed by atoms with Crippen LogP contribution in [0.3, 0.4) is 0 Å². The molecule has 2 aromatic rings. The summed E-state index contributed by atoms with van der Waals surface area (Å²) in [5.74, 6) is 0.139. The van der Waals surface area contributed by atoms with Crippen LogP contribution in [0.25, 0.3) is 0 Å². The van der Waals surface area contributed by atoms with Gasteiger partial charge in [0.25, 0.3) is 0 Å². The lowest BCUT2D eigenvalue weighted by atomic mass is 10.1. The van der Waals surface area contributed by atoms with Crippen LogP contribution in [-0.4, -0.2) is 16.2 Å². The molecule has 2 aromatic carbocycles. The molecule has 0 aliphatic carbocycles. The van der Waals surface area contributed by atoms with E-state index < -0.39 is 0 Å². The SMILES string of the molecule is O=C(C[C@H]1NN=C(c2ccccc2)S1)c1ccccc1. The molecule has 1 N–H and O–H groups in total. The van der Waals surface area contributed by atoms with Gasteiger partial charge in [0.05, 0.1) is 0 Å². The Kier molecular flexibility index (Phi) is 3.83. The number of benzene rings is 2. The molecule has 0 aromatic heterocycles. The lowest BCUT2D eigenvalue weighted by molar-refractivity contribution is 0.0979. The van der Waals surface area contributed by atoms with Crippen LogP contribution < -0.4 is 5.43 Å². The molecule has 0 amide bonds. The molecule has 1 atom stereocenters. The second kappa shape index (κ2) is 5.92. The van der Waals surface area contributed by atoms with Crippen molar-refractivity contribution in [2.24, 2.45) is 5.10 Å². The van der Waals surface area contributed by atoms with Crippen molar-refractivity contribution >= 4 is 22.6 Å². The third-order valence-corrected chi connectivity index (χ3v) is 4.16. The minimum absolute atomic E-state index is 0.0120. The first-order valence-electron chi connectivity index (χ1n) is 6.46. The van der Waals surface area contributed by atoms with Crippen LogP contribution in [0, 0.1) is 0 Å². The van der Waals surface area contributed by atoms with Crippen molar-refractivity contribution in [2.45, 2.75) is 11.8 Å². The number of carbonyl (C=O) groups excluding carboxylic acids is 1. The number of hydrogen-bond donors (Lipinski definition) is 1. The third kappa shape index (κ3) is 2.91. The second-order valence-corrected chi connectivity index (χ2v) is 5.70. The van der Waals surface area contributed by atoms with Crippen LogP contribution in [0.2, 0.25) is 0 Å². The van der Waals surface area contributed by atoms with Crippen molar-refractivity contribution in [2.75, 3.05) is 0 Å². The second-order valence-electron chi connectivity index (χ2n) is 4.51. The number of ketones is 1. The number of hydrogen-bond acceptors (Lipinski definition) is 4. The highest BCUT2D eigenvalue weighted by Crippen LogP contribution is 2.25. The van der Waals surface area contributed by atoms with E-state index in [4.69, 9.17) is 0 Å². The zero-order chi connectivity index (χ0) is 13.8. The number of nitrogens with zero attached hydrogens (tertiary/aromatic N) is 1. The van der Waals surface area contributed by atoms with Crippen LogP contribution in [0.1, 0.15) is 22.3 Å². The minimum Gasteiger partial charge on any atom is -0.295 e. The van der Waals surface area contributed by atoms with Gasteiger partial charge in [0, 0.05) is 17.5 Å². The van der Waals surface area contributed by atoms with Crippen LogP contribution in [0.4, 0.5) is 0 Å². The zero-order valence-corrected chi connectivity index (χ0v) is 11.6. The number of carbonyl (C=O) groups is 1. The van der Waals surface area contributed by atoms with Crippen LogP contribution in [0.5, 0.6) is 0 Å². The first-order valence-corrected chi connectivity index (χ1v) is 7.34. The average Bonchev–Trinajstić information content (AvgIpc) is 2.97. The van der Waals surface area contributed by atoms with Gasteiger partial charge >= 0.3 is 0 Å². The summed E-state index contributed by atoms with van der Waals surface area (Å²) < 4.78 is 0. The van der Waals surface area contributed by atoms with E-state index in [1.807, 2.05) is 60.7 Å². The molecular formula is C16H14N2OS. The molecular weight excluding hydrogens is 268 g/mol. The highest BCUT2D eigenvalue weighted by Gasteiger charge is 2.23. The van der Waals surface area contributed by atoms with Gasteiger partial charge in [-0.25, -0.2) is 0 Å². The molecule has 3 nitrogen and oxygen atoms in total. The maximum atomic E-state index is 12.1. The quantitative estimate of drug-likeness (QED) is 0.875. The van der Waals surface area contributed by atoms with Gasteiger partial charge in [-0.2, -0.15) is 5.10 Å². The summed E-state index contributed by atoms with van der Waals surface area (Å²) in [6.07, 6.45) is 0.439. The summed E-state index contributed by atoms with van der Waals surface area (Å²) in [6, 6.07) is 19.4. The molecule has 3 rings (SSSR count). The maximum absolute atomic E-state index is 12.1. The Morgan fingerprint density at radius 1 is 1.05 bits per heavy atom. The molecule has 20 heavy (non-hydrogen) atoms. The molecule has 0 saturated carbocycles. The van der Waals surface area contributed by atoms with E-state index in [0.717, 1.165) is 16.2 Å². The molecule has 4 heteroatoms. The first kappa shape index (κ1) is 12.9. The molecule has 0 bridgehead atoms.